The lowest BCUT2D eigenvalue weighted by molar-refractivity contribution is 0.585. The molecule has 0 aliphatic rings. The highest BCUT2D eigenvalue weighted by Crippen LogP contribution is 2.22. The second kappa shape index (κ2) is 4.62. The molecule has 2 unspecified atom stereocenters. The average Bonchev–Trinajstić information content (AvgIpc) is 2.27. The van der Waals surface area contributed by atoms with Gasteiger partial charge in [0.15, 0.2) is 0 Å². The molecule has 2 rings (SSSR count). The van der Waals surface area contributed by atoms with Crippen molar-refractivity contribution in [3.8, 4) is 0 Å². The first kappa shape index (κ1) is 11.1. The lowest BCUT2D eigenvalue weighted by atomic mass is 9.95. The fourth-order valence-corrected chi connectivity index (χ4v) is 2.05. The molecule has 0 radical (unpaired) electrons. The number of fused-ring (bicyclic) bond motifs is 1. The van der Waals surface area contributed by atoms with Gasteiger partial charge in [0.25, 0.3) is 0 Å². The molecule has 0 bridgehead atoms. The Kier molecular flexibility index (Phi) is 3.20. The normalized spacial score (nSPS) is 14.9. The molecule has 1 heterocycles. The molecule has 84 valence electrons. The molecule has 0 aliphatic carbocycles. The fourth-order valence-electron chi connectivity index (χ4n) is 2.05. The molecule has 0 aliphatic heterocycles. The Hall–Kier alpha value is -1.41. The van der Waals surface area contributed by atoms with Crippen LogP contribution in [0.15, 0.2) is 36.5 Å². The average molecular weight is 214 g/mol. The lowest BCUT2D eigenvalue weighted by Crippen LogP contribution is -2.17. The third-order valence-electron chi connectivity index (χ3n) is 2.91. The zero-order valence-electron chi connectivity index (χ0n) is 9.85. The Morgan fingerprint density at radius 2 is 2.00 bits per heavy atom. The summed E-state index contributed by atoms with van der Waals surface area (Å²) in [6.45, 7) is 4.25. The van der Waals surface area contributed by atoms with Crippen LogP contribution < -0.4 is 5.73 Å². The first-order chi connectivity index (χ1) is 7.66. The maximum Gasteiger partial charge on any atom is 0.0702 e. The number of hydrogen-bond donors (Lipinski definition) is 1. The number of hydrogen-bond acceptors (Lipinski definition) is 2. The number of aromatic nitrogens is 1. The van der Waals surface area contributed by atoms with Crippen molar-refractivity contribution in [1.29, 1.82) is 0 Å². The Balaban J connectivity index is 2.32. The second-order valence-electron chi connectivity index (χ2n) is 4.58. The summed E-state index contributed by atoms with van der Waals surface area (Å²) in [5.41, 5.74) is 8.15. The van der Waals surface area contributed by atoms with Crippen molar-refractivity contribution in [2.24, 2.45) is 5.73 Å². The molecule has 1 aromatic heterocycles. The number of nitrogens with zero attached hydrogens (tertiary/aromatic N) is 1. The molecular formula is C14H18N2. The third-order valence-corrected chi connectivity index (χ3v) is 2.91. The zero-order valence-corrected chi connectivity index (χ0v) is 9.85. The van der Waals surface area contributed by atoms with Crippen molar-refractivity contribution in [2.45, 2.75) is 32.2 Å². The van der Waals surface area contributed by atoms with Gasteiger partial charge in [0, 0.05) is 17.6 Å². The van der Waals surface area contributed by atoms with Gasteiger partial charge >= 0.3 is 0 Å². The molecule has 1 aromatic carbocycles. The summed E-state index contributed by atoms with van der Waals surface area (Å²) in [5, 5.41) is 1.21. The quantitative estimate of drug-likeness (QED) is 0.852. The maximum atomic E-state index is 5.82. The SMILES string of the molecule is CC(N)CC(C)c1cnc2ccccc2c1. The van der Waals surface area contributed by atoms with Crippen LogP contribution in [0.3, 0.4) is 0 Å². The second-order valence-corrected chi connectivity index (χ2v) is 4.58. The summed E-state index contributed by atoms with van der Waals surface area (Å²) in [7, 11) is 0. The van der Waals surface area contributed by atoms with E-state index in [1.807, 2.05) is 31.3 Å². The molecule has 2 aromatic rings. The van der Waals surface area contributed by atoms with Gasteiger partial charge in [0.2, 0.25) is 0 Å². The van der Waals surface area contributed by atoms with Gasteiger partial charge in [-0.25, -0.2) is 0 Å². The van der Waals surface area contributed by atoms with Crippen molar-refractivity contribution >= 4 is 10.9 Å². The van der Waals surface area contributed by atoms with E-state index in [0.29, 0.717) is 5.92 Å². The molecule has 2 N–H and O–H groups in total. The van der Waals surface area contributed by atoms with Crippen LogP contribution >= 0.6 is 0 Å². The summed E-state index contributed by atoms with van der Waals surface area (Å²) in [6, 6.07) is 10.7. The van der Waals surface area contributed by atoms with E-state index in [2.05, 4.69) is 24.0 Å². The maximum absolute atomic E-state index is 5.82. The van der Waals surface area contributed by atoms with E-state index in [-0.39, 0.29) is 6.04 Å². The Bertz CT molecular complexity index is 477. The highest BCUT2D eigenvalue weighted by molar-refractivity contribution is 5.78. The largest absolute Gasteiger partial charge is 0.328 e. The summed E-state index contributed by atoms with van der Waals surface area (Å²) in [4.78, 5) is 4.47. The van der Waals surface area contributed by atoms with Crippen LogP contribution in [0.2, 0.25) is 0 Å². The van der Waals surface area contributed by atoms with E-state index in [1.54, 1.807) is 0 Å². The number of rotatable bonds is 3. The van der Waals surface area contributed by atoms with Crippen molar-refractivity contribution in [1.82, 2.24) is 4.98 Å². The topological polar surface area (TPSA) is 38.9 Å². The molecule has 0 saturated heterocycles. The van der Waals surface area contributed by atoms with Crippen LogP contribution in [0.5, 0.6) is 0 Å². The van der Waals surface area contributed by atoms with Gasteiger partial charge in [-0.15, -0.1) is 0 Å². The smallest absolute Gasteiger partial charge is 0.0702 e. The zero-order chi connectivity index (χ0) is 11.5. The Morgan fingerprint density at radius 3 is 2.75 bits per heavy atom. The Labute approximate surface area is 96.5 Å². The minimum atomic E-state index is 0.237. The van der Waals surface area contributed by atoms with Crippen LogP contribution in [0.25, 0.3) is 10.9 Å². The predicted octanol–water partition coefficient (Wildman–Crippen LogP) is 3.08. The van der Waals surface area contributed by atoms with E-state index in [9.17, 15) is 0 Å². The van der Waals surface area contributed by atoms with E-state index in [4.69, 9.17) is 5.73 Å². The van der Waals surface area contributed by atoms with Crippen molar-refractivity contribution in [2.75, 3.05) is 0 Å². The summed E-state index contributed by atoms with van der Waals surface area (Å²) < 4.78 is 0. The highest BCUT2D eigenvalue weighted by atomic mass is 14.7. The van der Waals surface area contributed by atoms with E-state index in [0.717, 1.165) is 11.9 Å². The number of pyridine rings is 1. The molecule has 0 saturated carbocycles. The molecule has 16 heavy (non-hydrogen) atoms. The van der Waals surface area contributed by atoms with Crippen LogP contribution in [-0.2, 0) is 0 Å². The van der Waals surface area contributed by atoms with Gasteiger partial charge in [-0.3, -0.25) is 4.98 Å². The fraction of sp³-hybridized carbons (Fsp3) is 0.357. The molecule has 2 atom stereocenters. The summed E-state index contributed by atoms with van der Waals surface area (Å²) >= 11 is 0. The predicted molar refractivity (Wildman–Crippen MR) is 68.4 cm³/mol. The van der Waals surface area contributed by atoms with Crippen LogP contribution in [0.1, 0.15) is 31.7 Å². The first-order valence-electron chi connectivity index (χ1n) is 5.77. The van der Waals surface area contributed by atoms with Gasteiger partial charge in [-0.1, -0.05) is 25.1 Å². The summed E-state index contributed by atoms with van der Waals surface area (Å²) in [6.07, 6.45) is 2.97. The van der Waals surface area contributed by atoms with Crippen molar-refractivity contribution < 1.29 is 0 Å². The van der Waals surface area contributed by atoms with Gasteiger partial charge in [-0.2, -0.15) is 0 Å². The summed E-state index contributed by atoms with van der Waals surface area (Å²) in [5.74, 6) is 0.470. The van der Waals surface area contributed by atoms with Crippen molar-refractivity contribution in [3.63, 3.8) is 0 Å². The standard InChI is InChI=1S/C14H18N2/c1-10(7-11(2)15)13-8-12-5-3-4-6-14(12)16-9-13/h3-6,8-11H,7,15H2,1-2H3. The molecule has 2 nitrogen and oxygen atoms in total. The molecule has 2 heteroatoms. The van der Waals surface area contributed by atoms with Crippen molar-refractivity contribution in [3.05, 3.63) is 42.1 Å². The van der Waals surface area contributed by atoms with Crippen LogP contribution in [-0.4, -0.2) is 11.0 Å². The van der Waals surface area contributed by atoms with Gasteiger partial charge in [-0.05, 0) is 37.0 Å². The number of nitrogens with two attached hydrogens (primary N) is 1. The van der Waals surface area contributed by atoms with Crippen LogP contribution in [0, 0.1) is 0 Å². The third kappa shape index (κ3) is 2.39. The molecular weight excluding hydrogens is 196 g/mol. The first-order valence-corrected chi connectivity index (χ1v) is 5.77. The Morgan fingerprint density at radius 1 is 1.25 bits per heavy atom. The van der Waals surface area contributed by atoms with Crippen LogP contribution in [0.4, 0.5) is 0 Å². The molecule has 0 fully saturated rings. The lowest BCUT2D eigenvalue weighted by Gasteiger charge is -2.14. The van der Waals surface area contributed by atoms with Gasteiger partial charge < -0.3 is 5.73 Å². The highest BCUT2D eigenvalue weighted by Gasteiger charge is 2.08. The number of benzene rings is 1. The van der Waals surface area contributed by atoms with Gasteiger partial charge in [0.1, 0.15) is 0 Å². The van der Waals surface area contributed by atoms with E-state index in [1.165, 1.54) is 10.9 Å². The number of para-hydroxylation sites is 1. The minimum absolute atomic E-state index is 0.237. The van der Waals surface area contributed by atoms with E-state index < -0.39 is 0 Å². The monoisotopic (exact) mass is 214 g/mol. The minimum Gasteiger partial charge on any atom is -0.328 e. The van der Waals surface area contributed by atoms with Gasteiger partial charge in [0.05, 0.1) is 5.52 Å². The molecule has 0 spiro atoms. The molecule has 0 amide bonds. The van der Waals surface area contributed by atoms with E-state index >= 15 is 0 Å².